The van der Waals surface area contributed by atoms with Crippen molar-refractivity contribution < 1.29 is 4.79 Å². The van der Waals surface area contributed by atoms with Crippen LogP contribution in [0, 0.1) is 12.8 Å². The molecule has 0 atom stereocenters. The van der Waals surface area contributed by atoms with Gasteiger partial charge < -0.3 is 5.32 Å². The van der Waals surface area contributed by atoms with Crippen LogP contribution in [-0.2, 0) is 4.79 Å². The minimum atomic E-state index is 0.0835. The lowest BCUT2D eigenvalue weighted by Crippen LogP contribution is -2.15. The first-order valence-electron chi connectivity index (χ1n) is 4.89. The number of nitrogens with one attached hydrogen (secondary N) is 1. The molecule has 5 heteroatoms. The molecule has 80 valence electrons. The van der Waals surface area contributed by atoms with E-state index in [0.29, 0.717) is 11.6 Å². The monoisotopic (exact) mass is 223 g/mol. The maximum Gasteiger partial charge on any atom is 0.228 e. The molecular weight excluding hydrogens is 210 g/mol. The van der Waals surface area contributed by atoms with Gasteiger partial charge in [-0.15, -0.1) is 11.8 Å². The number of carbonyl (C=O) groups is 1. The number of hydrogen-bond acceptors (Lipinski definition) is 4. The molecule has 15 heavy (non-hydrogen) atoms. The van der Waals surface area contributed by atoms with E-state index < -0.39 is 0 Å². The van der Waals surface area contributed by atoms with Crippen molar-refractivity contribution in [3.63, 3.8) is 0 Å². The van der Waals surface area contributed by atoms with Crippen LogP contribution in [0.5, 0.6) is 0 Å². The Labute approximate surface area is 92.9 Å². The predicted molar refractivity (Wildman–Crippen MR) is 59.9 cm³/mol. The molecule has 0 unspecified atom stereocenters. The Morgan fingerprint density at radius 3 is 2.87 bits per heavy atom. The van der Waals surface area contributed by atoms with Crippen molar-refractivity contribution in [3.05, 3.63) is 11.9 Å². The average Bonchev–Trinajstić information content (AvgIpc) is 2.99. The zero-order valence-electron chi connectivity index (χ0n) is 8.78. The molecule has 1 N–H and O–H groups in total. The summed E-state index contributed by atoms with van der Waals surface area (Å²) in [6.07, 6.45) is 3.96. The summed E-state index contributed by atoms with van der Waals surface area (Å²) in [5, 5.41) is 3.70. The van der Waals surface area contributed by atoms with Crippen LogP contribution < -0.4 is 5.32 Å². The summed E-state index contributed by atoms with van der Waals surface area (Å²) in [5.74, 6) is 1.59. The molecule has 0 aromatic carbocycles. The number of hydrogen-bond donors (Lipinski definition) is 1. The van der Waals surface area contributed by atoms with Gasteiger partial charge in [-0.2, -0.15) is 0 Å². The van der Waals surface area contributed by atoms with Crippen LogP contribution >= 0.6 is 11.8 Å². The molecule has 4 nitrogen and oxygen atoms in total. The van der Waals surface area contributed by atoms with Gasteiger partial charge in [0.15, 0.2) is 0 Å². The summed E-state index contributed by atoms with van der Waals surface area (Å²) in [7, 11) is 0. The molecule has 0 bridgehead atoms. The largest absolute Gasteiger partial charge is 0.310 e. The lowest BCUT2D eigenvalue weighted by atomic mass is 10.4. The average molecular weight is 223 g/mol. The second kappa shape index (κ2) is 4.18. The van der Waals surface area contributed by atoms with Crippen LogP contribution in [-0.4, -0.2) is 22.1 Å². The van der Waals surface area contributed by atoms with Crippen molar-refractivity contribution in [2.24, 2.45) is 5.92 Å². The number of anilines is 1. The summed E-state index contributed by atoms with van der Waals surface area (Å²) < 4.78 is 0. The summed E-state index contributed by atoms with van der Waals surface area (Å²) in [6, 6.07) is 1.80. The van der Waals surface area contributed by atoms with Crippen LogP contribution in [0.1, 0.15) is 18.7 Å². The van der Waals surface area contributed by atoms with Crippen LogP contribution in [0.25, 0.3) is 0 Å². The zero-order chi connectivity index (χ0) is 10.8. The molecule has 0 radical (unpaired) electrons. The van der Waals surface area contributed by atoms with Crippen LogP contribution in [0.2, 0.25) is 0 Å². The number of aryl methyl sites for hydroxylation is 1. The molecule has 1 fully saturated rings. The highest BCUT2D eigenvalue weighted by atomic mass is 32.2. The molecule has 2 rings (SSSR count). The fourth-order valence-corrected chi connectivity index (χ4v) is 1.74. The Balaban J connectivity index is 2.12. The summed E-state index contributed by atoms with van der Waals surface area (Å²) >= 11 is 1.55. The van der Waals surface area contributed by atoms with Gasteiger partial charge in [0.05, 0.1) is 0 Å². The van der Waals surface area contributed by atoms with E-state index in [-0.39, 0.29) is 11.8 Å². The molecule has 0 saturated heterocycles. The van der Waals surface area contributed by atoms with Crippen molar-refractivity contribution in [1.82, 2.24) is 9.97 Å². The SMILES string of the molecule is CSc1cc(NC(=O)C2CC2)nc(C)n1. The summed E-state index contributed by atoms with van der Waals surface area (Å²) in [6.45, 7) is 1.83. The molecule has 1 saturated carbocycles. The first-order valence-corrected chi connectivity index (χ1v) is 6.12. The topological polar surface area (TPSA) is 54.9 Å². The Kier molecular flexibility index (Phi) is 2.90. The van der Waals surface area contributed by atoms with Gasteiger partial charge in [-0.1, -0.05) is 0 Å². The quantitative estimate of drug-likeness (QED) is 0.627. The normalized spacial score (nSPS) is 15.1. The third kappa shape index (κ3) is 2.68. The van der Waals surface area contributed by atoms with Crippen LogP contribution in [0.4, 0.5) is 5.82 Å². The van der Waals surface area contributed by atoms with Gasteiger partial charge in [-0.3, -0.25) is 4.79 Å². The molecule has 1 amide bonds. The van der Waals surface area contributed by atoms with Gasteiger partial charge in [0.1, 0.15) is 16.7 Å². The molecule has 1 aromatic rings. The fourth-order valence-electron chi connectivity index (χ4n) is 1.28. The van der Waals surface area contributed by atoms with Gasteiger partial charge in [-0.05, 0) is 26.0 Å². The smallest absolute Gasteiger partial charge is 0.228 e. The van der Waals surface area contributed by atoms with E-state index in [0.717, 1.165) is 17.9 Å². The molecule has 0 aliphatic heterocycles. The molecule has 1 aliphatic rings. The van der Waals surface area contributed by atoms with Gasteiger partial charge in [-0.25, -0.2) is 9.97 Å². The van der Waals surface area contributed by atoms with Gasteiger partial charge in [0, 0.05) is 12.0 Å². The van der Waals surface area contributed by atoms with E-state index in [2.05, 4.69) is 15.3 Å². The lowest BCUT2D eigenvalue weighted by Gasteiger charge is -2.05. The van der Waals surface area contributed by atoms with Crippen molar-refractivity contribution in [1.29, 1.82) is 0 Å². The maximum absolute atomic E-state index is 11.5. The van der Waals surface area contributed by atoms with E-state index in [9.17, 15) is 4.79 Å². The number of carbonyl (C=O) groups excluding carboxylic acids is 1. The molecular formula is C10H13N3OS. The Hall–Kier alpha value is -1.10. The van der Waals surface area contributed by atoms with E-state index in [4.69, 9.17) is 0 Å². The number of nitrogens with zero attached hydrogens (tertiary/aromatic N) is 2. The molecule has 1 aromatic heterocycles. The Morgan fingerprint density at radius 2 is 2.27 bits per heavy atom. The molecule has 0 spiro atoms. The van der Waals surface area contributed by atoms with Crippen LogP contribution in [0.3, 0.4) is 0 Å². The highest BCUT2D eigenvalue weighted by Gasteiger charge is 2.29. The summed E-state index contributed by atoms with van der Waals surface area (Å²) in [4.78, 5) is 19.9. The minimum absolute atomic E-state index is 0.0835. The minimum Gasteiger partial charge on any atom is -0.310 e. The predicted octanol–water partition coefficient (Wildman–Crippen LogP) is 1.86. The van der Waals surface area contributed by atoms with Crippen molar-refractivity contribution in [3.8, 4) is 0 Å². The van der Waals surface area contributed by atoms with E-state index in [1.807, 2.05) is 13.2 Å². The van der Waals surface area contributed by atoms with Crippen molar-refractivity contribution in [2.75, 3.05) is 11.6 Å². The molecule has 1 heterocycles. The first kappa shape index (κ1) is 10.4. The Morgan fingerprint density at radius 1 is 1.53 bits per heavy atom. The molecule has 1 aliphatic carbocycles. The van der Waals surface area contributed by atoms with E-state index in [1.54, 1.807) is 17.8 Å². The third-order valence-corrected chi connectivity index (χ3v) is 2.85. The fraction of sp³-hybridized carbons (Fsp3) is 0.500. The van der Waals surface area contributed by atoms with Crippen molar-refractivity contribution in [2.45, 2.75) is 24.8 Å². The highest BCUT2D eigenvalue weighted by Crippen LogP contribution is 2.30. The van der Waals surface area contributed by atoms with E-state index in [1.165, 1.54) is 0 Å². The third-order valence-electron chi connectivity index (χ3n) is 2.22. The highest BCUT2D eigenvalue weighted by molar-refractivity contribution is 7.98. The second-order valence-electron chi connectivity index (χ2n) is 3.61. The first-order chi connectivity index (χ1) is 7.19. The second-order valence-corrected chi connectivity index (χ2v) is 4.43. The Bertz CT molecular complexity index is 390. The van der Waals surface area contributed by atoms with E-state index >= 15 is 0 Å². The summed E-state index contributed by atoms with van der Waals surface area (Å²) in [5.41, 5.74) is 0. The van der Waals surface area contributed by atoms with Gasteiger partial charge in [0.2, 0.25) is 5.91 Å². The van der Waals surface area contributed by atoms with Gasteiger partial charge >= 0.3 is 0 Å². The van der Waals surface area contributed by atoms with Gasteiger partial charge in [0.25, 0.3) is 0 Å². The zero-order valence-corrected chi connectivity index (χ0v) is 9.60. The lowest BCUT2D eigenvalue weighted by molar-refractivity contribution is -0.117. The standard InChI is InChI=1S/C10H13N3OS/c1-6-11-8(5-9(12-6)15-2)13-10(14)7-3-4-7/h5,7H,3-4H2,1-2H3,(H,11,12,13,14). The number of aromatic nitrogens is 2. The number of rotatable bonds is 3. The number of amides is 1. The number of thioether (sulfide) groups is 1. The van der Waals surface area contributed by atoms with Crippen LogP contribution in [0.15, 0.2) is 11.1 Å². The maximum atomic E-state index is 11.5. The van der Waals surface area contributed by atoms with Crippen molar-refractivity contribution >= 4 is 23.5 Å².